The number of anilines is 1. The number of benzene rings is 1. The van der Waals surface area contributed by atoms with E-state index >= 15 is 0 Å². The number of para-hydroxylation sites is 1. The second-order valence-corrected chi connectivity index (χ2v) is 4.52. The van der Waals surface area contributed by atoms with Crippen molar-refractivity contribution in [3.05, 3.63) is 53.7 Å². The van der Waals surface area contributed by atoms with Crippen LogP contribution in [0.25, 0.3) is 0 Å². The van der Waals surface area contributed by atoms with Gasteiger partial charge in [-0.15, -0.1) is 0 Å². The average Bonchev–Trinajstić information content (AvgIpc) is 2.49. The van der Waals surface area contributed by atoms with Gasteiger partial charge >= 0.3 is 0 Å². The Morgan fingerprint density at radius 3 is 2.80 bits per heavy atom. The third-order valence-electron chi connectivity index (χ3n) is 3.05. The molecule has 20 heavy (non-hydrogen) atoms. The molecule has 1 heterocycles. The SMILES string of the molecule is Cc1ccccc1OCCN(C)c1ncccc1C#N. The summed E-state index contributed by atoms with van der Waals surface area (Å²) in [7, 11) is 1.91. The van der Waals surface area contributed by atoms with Gasteiger partial charge in [-0.05, 0) is 30.7 Å². The quantitative estimate of drug-likeness (QED) is 0.835. The van der Waals surface area contributed by atoms with Crippen molar-refractivity contribution in [1.82, 2.24) is 4.98 Å². The van der Waals surface area contributed by atoms with Crippen molar-refractivity contribution in [2.24, 2.45) is 0 Å². The molecule has 2 aromatic rings. The van der Waals surface area contributed by atoms with Gasteiger partial charge in [0.1, 0.15) is 24.2 Å². The molecule has 1 aromatic heterocycles. The van der Waals surface area contributed by atoms with Gasteiger partial charge in [0.05, 0.1) is 12.1 Å². The lowest BCUT2D eigenvalue weighted by molar-refractivity contribution is 0.323. The molecule has 0 atom stereocenters. The number of nitrogens with zero attached hydrogens (tertiary/aromatic N) is 3. The number of nitriles is 1. The summed E-state index contributed by atoms with van der Waals surface area (Å²) in [4.78, 5) is 6.17. The molecule has 0 radical (unpaired) electrons. The number of aryl methyl sites for hydroxylation is 1. The molecule has 102 valence electrons. The van der Waals surface area contributed by atoms with Gasteiger partial charge in [-0.25, -0.2) is 4.98 Å². The summed E-state index contributed by atoms with van der Waals surface area (Å²) in [6.07, 6.45) is 1.69. The van der Waals surface area contributed by atoms with Gasteiger partial charge in [-0.3, -0.25) is 0 Å². The van der Waals surface area contributed by atoms with Crippen LogP contribution in [0.5, 0.6) is 5.75 Å². The minimum Gasteiger partial charge on any atom is -0.491 e. The molecule has 2 rings (SSSR count). The highest BCUT2D eigenvalue weighted by Gasteiger charge is 2.08. The van der Waals surface area contributed by atoms with Crippen molar-refractivity contribution in [2.75, 3.05) is 25.1 Å². The third-order valence-corrected chi connectivity index (χ3v) is 3.05. The van der Waals surface area contributed by atoms with Crippen LogP contribution in [0.1, 0.15) is 11.1 Å². The molecule has 0 saturated heterocycles. The van der Waals surface area contributed by atoms with E-state index in [0.29, 0.717) is 24.5 Å². The zero-order valence-electron chi connectivity index (χ0n) is 11.7. The maximum Gasteiger partial charge on any atom is 0.146 e. The Kier molecular flexibility index (Phi) is 4.56. The van der Waals surface area contributed by atoms with Crippen LogP contribution >= 0.6 is 0 Å². The van der Waals surface area contributed by atoms with Crippen molar-refractivity contribution in [3.63, 3.8) is 0 Å². The third kappa shape index (κ3) is 3.27. The van der Waals surface area contributed by atoms with Crippen molar-refractivity contribution in [1.29, 1.82) is 5.26 Å². The molecule has 0 aliphatic heterocycles. The Morgan fingerprint density at radius 2 is 2.05 bits per heavy atom. The van der Waals surface area contributed by atoms with Gasteiger partial charge in [0.25, 0.3) is 0 Å². The zero-order chi connectivity index (χ0) is 14.4. The van der Waals surface area contributed by atoms with Gasteiger partial charge < -0.3 is 9.64 Å². The van der Waals surface area contributed by atoms with E-state index < -0.39 is 0 Å². The summed E-state index contributed by atoms with van der Waals surface area (Å²) < 4.78 is 5.75. The summed E-state index contributed by atoms with van der Waals surface area (Å²) in [6, 6.07) is 13.6. The average molecular weight is 267 g/mol. The van der Waals surface area contributed by atoms with Crippen molar-refractivity contribution in [3.8, 4) is 11.8 Å². The highest BCUT2D eigenvalue weighted by Crippen LogP contribution is 2.17. The van der Waals surface area contributed by atoms with Gasteiger partial charge in [0.2, 0.25) is 0 Å². The number of hydrogen-bond acceptors (Lipinski definition) is 4. The molecule has 0 aliphatic rings. The number of pyridine rings is 1. The fourth-order valence-electron chi connectivity index (χ4n) is 1.91. The van der Waals surface area contributed by atoms with Crippen molar-refractivity contribution >= 4 is 5.82 Å². The van der Waals surface area contributed by atoms with Gasteiger partial charge in [0.15, 0.2) is 0 Å². The normalized spacial score (nSPS) is 9.85. The fraction of sp³-hybridized carbons (Fsp3) is 0.250. The topological polar surface area (TPSA) is 49.1 Å². The minimum atomic E-state index is 0.544. The molecule has 4 heteroatoms. The van der Waals surface area contributed by atoms with Gasteiger partial charge in [0, 0.05) is 13.2 Å². The molecule has 0 saturated carbocycles. The fourth-order valence-corrected chi connectivity index (χ4v) is 1.91. The van der Waals surface area contributed by atoms with Crippen LogP contribution in [0.2, 0.25) is 0 Å². The maximum absolute atomic E-state index is 9.06. The number of likely N-dealkylation sites (N-methyl/N-ethyl adjacent to an activating group) is 1. The van der Waals surface area contributed by atoms with E-state index in [1.807, 2.05) is 43.1 Å². The minimum absolute atomic E-state index is 0.544. The second-order valence-electron chi connectivity index (χ2n) is 4.52. The lowest BCUT2D eigenvalue weighted by atomic mass is 10.2. The summed E-state index contributed by atoms with van der Waals surface area (Å²) >= 11 is 0. The molecule has 0 aliphatic carbocycles. The second kappa shape index (κ2) is 6.58. The van der Waals surface area contributed by atoms with Gasteiger partial charge in [-0.2, -0.15) is 5.26 Å². The number of aromatic nitrogens is 1. The Bertz CT molecular complexity index is 619. The molecule has 0 fully saturated rings. The van der Waals surface area contributed by atoms with Crippen LogP contribution in [-0.4, -0.2) is 25.2 Å². The van der Waals surface area contributed by atoms with Crippen LogP contribution in [-0.2, 0) is 0 Å². The largest absolute Gasteiger partial charge is 0.491 e. The predicted octanol–water partition coefficient (Wildman–Crippen LogP) is 2.78. The van der Waals surface area contributed by atoms with Crippen LogP contribution in [0.15, 0.2) is 42.6 Å². The number of rotatable bonds is 5. The first-order chi connectivity index (χ1) is 9.72. The zero-order valence-corrected chi connectivity index (χ0v) is 11.7. The van der Waals surface area contributed by atoms with E-state index in [0.717, 1.165) is 11.3 Å². The maximum atomic E-state index is 9.06. The Morgan fingerprint density at radius 1 is 1.25 bits per heavy atom. The van der Waals surface area contributed by atoms with Gasteiger partial charge in [-0.1, -0.05) is 18.2 Å². The summed E-state index contributed by atoms with van der Waals surface area (Å²) in [5, 5.41) is 9.06. The standard InChI is InChI=1S/C16H17N3O/c1-13-6-3-4-8-15(13)20-11-10-19(2)16-14(12-17)7-5-9-18-16/h3-9H,10-11H2,1-2H3. The smallest absolute Gasteiger partial charge is 0.146 e. The van der Waals surface area contributed by atoms with Crippen LogP contribution in [0.4, 0.5) is 5.82 Å². The van der Waals surface area contributed by atoms with E-state index in [1.54, 1.807) is 18.3 Å². The molecular formula is C16H17N3O. The molecular weight excluding hydrogens is 250 g/mol. The summed E-state index contributed by atoms with van der Waals surface area (Å²) in [6.45, 7) is 3.23. The lowest BCUT2D eigenvalue weighted by Gasteiger charge is -2.19. The number of ether oxygens (including phenoxy) is 1. The predicted molar refractivity (Wildman–Crippen MR) is 78.9 cm³/mol. The Balaban J connectivity index is 1.95. The van der Waals surface area contributed by atoms with E-state index in [1.165, 1.54) is 0 Å². The first-order valence-corrected chi connectivity index (χ1v) is 6.47. The van der Waals surface area contributed by atoms with Crippen molar-refractivity contribution in [2.45, 2.75) is 6.92 Å². The van der Waals surface area contributed by atoms with E-state index in [2.05, 4.69) is 11.1 Å². The first kappa shape index (κ1) is 13.9. The Hall–Kier alpha value is -2.54. The first-order valence-electron chi connectivity index (χ1n) is 6.47. The van der Waals surface area contributed by atoms with E-state index in [-0.39, 0.29) is 0 Å². The molecule has 1 aromatic carbocycles. The molecule has 4 nitrogen and oxygen atoms in total. The highest BCUT2D eigenvalue weighted by atomic mass is 16.5. The van der Waals surface area contributed by atoms with Crippen LogP contribution in [0, 0.1) is 18.3 Å². The monoisotopic (exact) mass is 267 g/mol. The van der Waals surface area contributed by atoms with Crippen molar-refractivity contribution < 1.29 is 4.74 Å². The van der Waals surface area contributed by atoms with E-state index in [4.69, 9.17) is 10.00 Å². The highest BCUT2D eigenvalue weighted by molar-refractivity contribution is 5.52. The summed E-state index contributed by atoms with van der Waals surface area (Å²) in [5.74, 6) is 1.57. The Labute approximate surface area is 119 Å². The summed E-state index contributed by atoms with van der Waals surface area (Å²) in [5.41, 5.74) is 1.69. The lowest BCUT2D eigenvalue weighted by Crippen LogP contribution is -2.25. The molecule has 0 unspecified atom stereocenters. The molecule has 0 N–H and O–H groups in total. The number of hydrogen-bond donors (Lipinski definition) is 0. The molecule has 0 bridgehead atoms. The molecule has 0 spiro atoms. The van der Waals surface area contributed by atoms with Crippen LogP contribution < -0.4 is 9.64 Å². The van der Waals surface area contributed by atoms with Crippen LogP contribution in [0.3, 0.4) is 0 Å². The van der Waals surface area contributed by atoms with E-state index in [9.17, 15) is 0 Å². The molecule has 0 amide bonds.